The van der Waals surface area contributed by atoms with Crippen LogP contribution >= 0.6 is 11.6 Å². The maximum Gasteiger partial charge on any atom is 0.159 e. The van der Waals surface area contributed by atoms with Crippen LogP contribution in [0.1, 0.15) is 17.0 Å². The van der Waals surface area contributed by atoms with E-state index >= 15 is 0 Å². The number of nitrogens with zero attached hydrogens (tertiary/aromatic N) is 2. The third kappa shape index (κ3) is 2.46. The molecule has 0 bridgehead atoms. The Kier molecular flexibility index (Phi) is 3.41. The molecule has 88 valence electrons. The molecule has 0 aliphatic rings. The van der Waals surface area contributed by atoms with Crippen LogP contribution in [0.15, 0.2) is 24.3 Å². The smallest absolute Gasteiger partial charge is 0.159 e. The minimum atomic E-state index is 0.426. The number of hydrogen-bond acceptors (Lipinski definition) is 3. The summed E-state index contributed by atoms with van der Waals surface area (Å²) >= 11 is 5.85. The molecule has 0 spiro atoms. The molecule has 0 aliphatic carbocycles. The molecule has 0 saturated carbocycles. The van der Waals surface area contributed by atoms with E-state index in [4.69, 9.17) is 17.3 Å². The van der Waals surface area contributed by atoms with E-state index in [-0.39, 0.29) is 0 Å². The highest BCUT2D eigenvalue weighted by Crippen LogP contribution is 2.20. The van der Waals surface area contributed by atoms with Crippen molar-refractivity contribution in [1.82, 2.24) is 9.97 Å². The lowest BCUT2D eigenvalue weighted by Crippen LogP contribution is -2.07. The monoisotopic (exact) mass is 247 g/mol. The molecule has 3 nitrogen and oxygen atoms in total. The first-order valence-corrected chi connectivity index (χ1v) is 5.79. The lowest BCUT2D eigenvalue weighted by atomic mass is 10.1. The standard InChI is InChI=1S/C13H14ClN3/c1-8-9(2)16-13(17-12(8)7-15)10-3-5-11(14)6-4-10/h3-6H,7,15H2,1-2H3. The molecule has 1 aromatic carbocycles. The summed E-state index contributed by atoms with van der Waals surface area (Å²) < 4.78 is 0. The quantitative estimate of drug-likeness (QED) is 0.888. The van der Waals surface area contributed by atoms with Gasteiger partial charge in [0.25, 0.3) is 0 Å². The highest BCUT2D eigenvalue weighted by Gasteiger charge is 2.08. The Bertz CT molecular complexity index is 535. The summed E-state index contributed by atoms with van der Waals surface area (Å²) in [5.41, 5.74) is 9.55. The van der Waals surface area contributed by atoms with E-state index in [0.717, 1.165) is 22.5 Å². The topological polar surface area (TPSA) is 51.8 Å². The molecule has 1 heterocycles. The van der Waals surface area contributed by atoms with Crippen LogP contribution in [0.5, 0.6) is 0 Å². The molecule has 2 N–H and O–H groups in total. The van der Waals surface area contributed by atoms with E-state index in [1.165, 1.54) is 0 Å². The van der Waals surface area contributed by atoms with Gasteiger partial charge in [-0.3, -0.25) is 0 Å². The first-order chi connectivity index (χ1) is 8.11. The second kappa shape index (κ2) is 4.82. The molecule has 0 amide bonds. The molecular weight excluding hydrogens is 234 g/mol. The third-order valence-electron chi connectivity index (χ3n) is 2.79. The van der Waals surface area contributed by atoms with Gasteiger partial charge in [0.2, 0.25) is 0 Å². The molecular formula is C13H14ClN3. The van der Waals surface area contributed by atoms with Gasteiger partial charge in [-0.25, -0.2) is 9.97 Å². The van der Waals surface area contributed by atoms with Gasteiger partial charge in [-0.2, -0.15) is 0 Å². The van der Waals surface area contributed by atoms with Crippen molar-refractivity contribution in [1.29, 1.82) is 0 Å². The summed E-state index contributed by atoms with van der Waals surface area (Å²) in [6.45, 7) is 4.38. The summed E-state index contributed by atoms with van der Waals surface area (Å²) in [6.07, 6.45) is 0. The van der Waals surface area contributed by atoms with Crippen LogP contribution in [0.2, 0.25) is 5.02 Å². The molecule has 0 saturated heterocycles. The Morgan fingerprint density at radius 2 is 1.76 bits per heavy atom. The predicted molar refractivity (Wildman–Crippen MR) is 69.8 cm³/mol. The third-order valence-corrected chi connectivity index (χ3v) is 3.04. The second-order valence-electron chi connectivity index (χ2n) is 3.92. The fourth-order valence-corrected chi connectivity index (χ4v) is 1.74. The van der Waals surface area contributed by atoms with E-state index in [2.05, 4.69) is 9.97 Å². The van der Waals surface area contributed by atoms with Crippen molar-refractivity contribution >= 4 is 11.6 Å². The van der Waals surface area contributed by atoms with Gasteiger partial charge in [0, 0.05) is 22.8 Å². The zero-order valence-corrected chi connectivity index (χ0v) is 10.6. The molecule has 0 fully saturated rings. The van der Waals surface area contributed by atoms with Gasteiger partial charge in [0.1, 0.15) is 0 Å². The molecule has 0 aliphatic heterocycles. The van der Waals surface area contributed by atoms with E-state index in [9.17, 15) is 0 Å². The van der Waals surface area contributed by atoms with E-state index < -0.39 is 0 Å². The first-order valence-electron chi connectivity index (χ1n) is 5.42. The van der Waals surface area contributed by atoms with Crippen LogP contribution in [0.25, 0.3) is 11.4 Å². The van der Waals surface area contributed by atoms with Crippen molar-refractivity contribution in [3.63, 3.8) is 0 Å². The van der Waals surface area contributed by atoms with Crippen LogP contribution < -0.4 is 5.73 Å². The number of aryl methyl sites for hydroxylation is 1. The number of aromatic nitrogens is 2. The molecule has 0 unspecified atom stereocenters. The Morgan fingerprint density at radius 1 is 1.12 bits per heavy atom. The lowest BCUT2D eigenvalue weighted by molar-refractivity contribution is 0.926. The molecule has 2 rings (SSSR count). The van der Waals surface area contributed by atoms with Crippen molar-refractivity contribution in [2.45, 2.75) is 20.4 Å². The van der Waals surface area contributed by atoms with Gasteiger partial charge in [0.05, 0.1) is 5.69 Å². The van der Waals surface area contributed by atoms with Gasteiger partial charge in [-0.05, 0) is 43.7 Å². The summed E-state index contributed by atoms with van der Waals surface area (Å²) in [7, 11) is 0. The Hall–Kier alpha value is -1.45. The van der Waals surface area contributed by atoms with Crippen LogP contribution in [0, 0.1) is 13.8 Å². The average molecular weight is 248 g/mol. The van der Waals surface area contributed by atoms with Crippen LogP contribution in [-0.2, 0) is 6.54 Å². The fourth-order valence-electron chi connectivity index (χ4n) is 1.62. The summed E-state index contributed by atoms with van der Waals surface area (Å²) in [5, 5.41) is 0.705. The zero-order valence-electron chi connectivity index (χ0n) is 9.87. The predicted octanol–water partition coefficient (Wildman–Crippen LogP) is 2.87. The van der Waals surface area contributed by atoms with Gasteiger partial charge >= 0.3 is 0 Å². The summed E-state index contributed by atoms with van der Waals surface area (Å²) in [4.78, 5) is 8.94. The number of benzene rings is 1. The fraction of sp³-hybridized carbons (Fsp3) is 0.231. The molecule has 2 aromatic rings. The number of halogens is 1. The van der Waals surface area contributed by atoms with E-state index in [1.807, 2.05) is 38.1 Å². The van der Waals surface area contributed by atoms with Crippen LogP contribution in [-0.4, -0.2) is 9.97 Å². The Balaban J connectivity index is 2.52. The molecule has 1 aromatic heterocycles. The normalized spacial score (nSPS) is 10.6. The number of rotatable bonds is 2. The summed E-state index contributed by atoms with van der Waals surface area (Å²) in [5.74, 6) is 0.699. The van der Waals surface area contributed by atoms with Crippen molar-refractivity contribution in [3.05, 3.63) is 46.2 Å². The minimum absolute atomic E-state index is 0.426. The number of nitrogens with two attached hydrogens (primary N) is 1. The molecule has 4 heteroatoms. The highest BCUT2D eigenvalue weighted by molar-refractivity contribution is 6.30. The first kappa shape index (κ1) is 12.0. The maximum atomic E-state index is 5.85. The highest BCUT2D eigenvalue weighted by atomic mass is 35.5. The second-order valence-corrected chi connectivity index (χ2v) is 4.35. The lowest BCUT2D eigenvalue weighted by Gasteiger charge is -2.08. The average Bonchev–Trinajstić information content (AvgIpc) is 2.33. The van der Waals surface area contributed by atoms with E-state index in [1.54, 1.807) is 0 Å². The minimum Gasteiger partial charge on any atom is -0.325 e. The van der Waals surface area contributed by atoms with Crippen LogP contribution in [0.3, 0.4) is 0 Å². The van der Waals surface area contributed by atoms with Gasteiger partial charge in [-0.1, -0.05) is 11.6 Å². The van der Waals surface area contributed by atoms with Crippen molar-refractivity contribution in [2.24, 2.45) is 5.73 Å². The summed E-state index contributed by atoms with van der Waals surface area (Å²) in [6, 6.07) is 7.48. The maximum absolute atomic E-state index is 5.85. The van der Waals surface area contributed by atoms with Gasteiger partial charge in [0.15, 0.2) is 5.82 Å². The molecule has 17 heavy (non-hydrogen) atoms. The van der Waals surface area contributed by atoms with E-state index in [0.29, 0.717) is 17.4 Å². The number of hydrogen-bond donors (Lipinski definition) is 1. The zero-order chi connectivity index (χ0) is 12.4. The van der Waals surface area contributed by atoms with Gasteiger partial charge in [-0.15, -0.1) is 0 Å². The largest absolute Gasteiger partial charge is 0.325 e. The SMILES string of the molecule is Cc1nc(-c2ccc(Cl)cc2)nc(CN)c1C. The van der Waals surface area contributed by atoms with Gasteiger partial charge < -0.3 is 5.73 Å². The Morgan fingerprint density at radius 3 is 2.35 bits per heavy atom. The molecule has 0 radical (unpaired) electrons. The van der Waals surface area contributed by atoms with Crippen molar-refractivity contribution in [3.8, 4) is 11.4 Å². The Labute approximate surface area is 106 Å². The van der Waals surface area contributed by atoms with Crippen molar-refractivity contribution < 1.29 is 0 Å². The molecule has 0 atom stereocenters. The van der Waals surface area contributed by atoms with Crippen molar-refractivity contribution in [2.75, 3.05) is 0 Å². The van der Waals surface area contributed by atoms with Crippen LogP contribution in [0.4, 0.5) is 0 Å².